The van der Waals surface area contributed by atoms with E-state index in [1.165, 1.54) is 11.8 Å². The number of fused-ring (bicyclic) bond motifs is 1. The molecule has 1 aliphatic rings. The fraction of sp³-hybridized carbons (Fsp3) is 0.348. The summed E-state index contributed by atoms with van der Waals surface area (Å²) in [4.78, 5) is 14.6. The van der Waals surface area contributed by atoms with Gasteiger partial charge in [0.25, 0.3) is 0 Å². The topological polar surface area (TPSA) is 66.8 Å². The summed E-state index contributed by atoms with van der Waals surface area (Å²) in [5.41, 5.74) is 2.00. The summed E-state index contributed by atoms with van der Waals surface area (Å²) in [6, 6.07) is 14.0. The molecule has 3 rings (SSSR count). The zero-order valence-corrected chi connectivity index (χ0v) is 18.9. The van der Waals surface area contributed by atoms with Gasteiger partial charge in [0.05, 0.1) is 38.6 Å². The van der Waals surface area contributed by atoms with Crippen molar-refractivity contribution in [2.75, 3.05) is 23.5 Å². The fourth-order valence-corrected chi connectivity index (χ4v) is 5.63. The van der Waals surface area contributed by atoms with Gasteiger partial charge in [0.2, 0.25) is 0 Å². The van der Waals surface area contributed by atoms with E-state index in [9.17, 15) is 9.00 Å². The Morgan fingerprint density at radius 1 is 1.33 bits per heavy atom. The van der Waals surface area contributed by atoms with Crippen LogP contribution in [0.2, 0.25) is 0 Å². The number of thioether (sulfide) groups is 1. The molecule has 0 aromatic heterocycles. The lowest BCUT2D eigenvalue weighted by atomic mass is 10.0. The zero-order valence-electron chi connectivity index (χ0n) is 17.2. The number of benzene rings is 2. The second-order valence-electron chi connectivity index (χ2n) is 7.20. The molecule has 1 heterocycles. The molecule has 5 nitrogen and oxygen atoms in total. The first kappa shape index (κ1) is 22.4. The number of aliphatic carboxylic acids is 1. The zero-order chi connectivity index (χ0) is 21.5. The van der Waals surface area contributed by atoms with Crippen LogP contribution in [0.5, 0.6) is 5.75 Å². The first-order valence-electron chi connectivity index (χ1n) is 10.0. The Balaban J connectivity index is 2.07. The Hall–Kier alpha value is -2.25. The van der Waals surface area contributed by atoms with Gasteiger partial charge in [-0.3, -0.25) is 4.21 Å². The predicted octanol–water partition coefficient (Wildman–Crippen LogP) is 5.45. The van der Waals surface area contributed by atoms with Crippen molar-refractivity contribution < 1.29 is 18.8 Å². The minimum Gasteiger partial charge on any atom is -0.478 e. The lowest BCUT2D eigenvalue weighted by molar-refractivity contribution is -0.131. The summed E-state index contributed by atoms with van der Waals surface area (Å²) in [5, 5.41) is 8.82. The van der Waals surface area contributed by atoms with Crippen molar-refractivity contribution in [3.8, 4) is 5.75 Å². The van der Waals surface area contributed by atoms with Gasteiger partial charge in [-0.15, -0.1) is 11.8 Å². The number of para-hydroxylation sites is 1. The van der Waals surface area contributed by atoms with E-state index in [1.54, 1.807) is 0 Å². The van der Waals surface area contributed by atoms with Crippen molar-refractivity contribution in [2.24, 2.45) is 5.92 Å². The molecule has 160 valence electrons. The summed E-state index contributed by atoms with van der Waals surface area (Å²) in [6.45, 7) is 2.99. The molecule has 0 bridgehead atoms. The van der Waals surface area contributed by atoms with E-state index in [4.69, 9.17) is 9.84 Å². The minimum atomic E-state index is -1.17. The van der Waals surface area contributed by atoms with Crippen molar-refractivity contribution in [2.45, 2.75) is 36.0 Å². The molecule has 1 N–H and O–H groups in total. The Kier molecular flexibility index (Phi) is 7.99. The van der Waals surface area contributed by atoms with Crippen molar-refractivity contribution in [1.29, 1.82) is 0 Å². The molecule has 2 aromatic rings. The standard InChI is InChI=1S/C23H27NO4S2/c1-3-4-8-17-15-24(18-9-6-5-7-10-18)19-13-21(29-2)20(28-12-11-23(25)26)14-22(19)30(27)16-17/h5-7,9-14,17H,3-4,8,15-16H2,1-2H3,(H,25,26)/b12-11+. The highest BCUT2D eigenvalue weighted by molar-refractivity contribution is 7.98. The number of unbranched alkanes of at least 4 members (excludes halogenated alkanes) is 1. The highest BCUT2D eigenvalue weighted by atomic mass is 32.2. The lowest BCUT2D eigenvalue weighted by Gasteiger charge is -2.28. The molecule has 0 amide bonds. The maximum Gasteiger partial charge on any atom is 0.331 e. The third-order valence-electron chi connectivity index (χ3n) is 5.05. The molecule has 2 aromatic carbocycles. The molecule has 0 spiro atoms. The number of hydrogen-bond acceptors (Lipinski definition) is 5. The van der Waals surface area contributed by atoms with Crippen LogP contribution in [0, 0.1) is 5.92 Å². The van der Waals surface area contributed by atoms with Gasteiger partial charge in [-0.25, -0.2) is 4.79 Å². The van der Waals surface area contributed by atoms with Crippen LogP contribution in [-0.4, -0.2) is 33.8 Å². The molecule has 2 unspecified atom stereocenters. The van der Waals surface area contributed by atoms with Gasteiger partial charge in [-0.1, -0.05) is 38.0 Å². The Morgan fingerprint density at radius 2 is 2.10 bits per heavy atom. The highest BCUT2D eigenvalue weighted by Gasteiger charge is 2.28. The van der Waals surface area contributed by atoms with Crippen LogP contribution >= 0.6 is 11.8 Å². The number of carbonyl (C=O) groups is 1. The van der Waals surface area contributed by atoms with Crippen molar-refractivity contribution in [3.63, 3.8) is 0 Å². The average Bonchev–Trinajstić information content (AvgIpc) is 2.88. The first-order valence-corrected chi connectivity index (χ1v) is 12.6. The summed E-state index contributed by atoms with van der Waals surface area (Å²) in [7, 11) is -1.17. The third kappa shape index (κ3) is 5.46. The van der Waals surface area contributed by atoms with E-state index in [1.807, 2.05) is 36.6 Å². The van der Waals surface area contributed by atoms with Gasteiger partial charge in [0, 0.05) is 24.1 Å². The van der Waals surface area contributed by atoms with Crippen LogP contribution in [0.25, 0.3) is 0 Å². The molecular formula is C23H27NO4S2. The number of hydrogen-bond donors (Lipinski definition) is 1. The summed E-state index contributed by atoms with van der Waals surface area (Å²) in [6.07, 6.45) is 7.32. The van der Waals surface area contributed by atoms with Crippen LogP contribution in [-0.2, 0) is 15.6 Å². The van der Waals surface area contributed by atoms with E-state index in [2.05, 4.69) is 24.0 Å². The largest absolute Gasteiger partial charge is 0.478 e. The van der Waals surface area contributed by atoms with E-state index in [0.29, 0.717) is 17.4 Å². The molecular weight excluding hydrogens is 418 g/mol. The highest BCUT2D eigenvalue weighted by Crippen LogP contribution is 2.42. The Bertz CT molecular complexity index is 930. The predicted molar refractivity (Wildman–Crippen MR) is 123 cm³/mol. The Labute approximate surface area is 184 Å². The van der Waals surface area contributed by atoms with Gasteiger partial charge in [0.1, 0.15) is 5.75 Å². The average molecular weight is 446 g/mol. The van der Waals surface area contributed by atoms with E-state index in [-0.39, 0.29) is 0 Å². The van der Waals surface area contributed by atoms with Gasteiger partial charge < -0.3 is 14.7 Å². The minimum absolute atomic E-state index is 0.326. The van der Waals surface area contributed by atoms with Crippen LogP contribution in [0.3, 0.4) is 0 Å². The van der Waals surface area contributed by atoms with Crippen LogP contribution in [0.4, 0.5) is 11.4 Å². The van der Waals surface area contributed by atoms with Crippen LogP contribution in [0.1, 0.15) is 26.2 Å². The van der Waals surface area contributed by atoms with Crippen molar-refractivity contribution in [3.05, 3.63) is 54.8 Å². The normalized spacial score (nSPS) is 18.8. The maximum atomic E-state index is 13.3. The van der Waals surface area contributed by atoms with Crippen molar-refractivity contribution in [1.82, 2.24) is 0 Å². The number of ether oxygens (including phenoxy) is 1. The van der Waals surface area contributed by atoms with Crippen LogP contribution in [0.15, 0.2) is 64.6 Å². The van der Waals surface area contributed by atoms with E-state index in [0.717, 1.165) is 59.3 Å². The Morgan fingerprint density at radius 3 is 2.77 bits per heavy atom. The number of nitrogens with zero attached hydrogens (tertiary/aromatic N) is 1. The summed E-state index contributed by atoms with van der Waals surface area (Å²) < 4.78 is 18.9. The SMILES string of the molecule is CCCCC1CN(c2ccccc2)c2cc(SC)c(O/C=C/C(=O)O)cc2S(=O)C1. The molecule has 30 heavy (non-hydrogen) atoms. The molecule has 7 heteroatoms. The van der Waals surface area contributed by atoms with Gasteiger partial charge in [-0.05, 0) is 36.8 Å². The third-order valence-corrected chi connectivity index (χ3v) is 7.40. The van der Waals surface area contributed by atoms with Gasteiger partial charge in [0.15, 0.2) is 0 Å². The van der Waals surface area contributed by atoms with Gasteiger partial charge >= 0.3 is 5.97 Å². The summed E-state index contributed by atoms with van der Waals surface area (Å²) >= 11 is 1.52. The molecule has 0 fully saturated rings. The molecule has 1 aliphatic heterocycles. The summed E-state index contributed by atoms with van der Waals surface area (Å²) in [5.74, 6) is 0.381. The number of carboxylic acid groups (broad SMARTS) is 1. The molecule has 0 saturated carbocycles. The quantitative estimate of drug-likeness (QED) is 0.331. The van der Waals surface area contributed by atoms with E-state index >= 15 is 0 Å². The van der Waals surface area contributed by atoms with Gasteiger partial charge in [-0.2, -0.15) is 0 Å². The number of anilines is 2. The van der Waals surface area contributed by atoms with Crippen LogP contribution < -0.4 is 9.64 Å². The second-order valence-corrected chi connectivity index (χ2v) is 9.51. The number of rotatable bonds is 8. The molecule has 2 atom stereocenters. The maximum absolute atomic E-state index is 13.3. The second kappa shape index (κ2) is 10.7. The number of carboxylic acids is 1. The fourth-order valence-electron chi connectivity index (χ4n) is 3.57. The van der Waals surface area contributed by atoms with Crippen molar-refractivity contribution >= 4 is 39.9 Å². The van der Waals surface area contributed by atoms with E-state index < -0.39 is 16.8 Å². The monoisotopic (exact) mass is 445 g/mol. The first-order chi connectivity index (χ1) is 14.5. The lowest BCUT2D eigenvalue weighted by Crippen LogP contribution is -2.25. The molecule has 0 radical (unpaired) electrons. The smallest absolute Gasteiger partial charge is 0.331 e. The molecule has 0 saturated heterocycles. The molecule has 0 aliphatic carbocycles.